The number of hydrogen-bond donors (Lipinski definition) is 1. The van der Waals surface area contributed by atoms with Crippen LogP contribution in [0.1, 0.15) is 11.1 Å². The highest BCUT2D eigenvalue weighted by Crippen LogP contribution is 2.19. The van der Waals surface area contributed by atoms with E-state index in [1.807, 2.05) is 12.1 Å². The maximum absolute atomic E-state index is 13.0. The Bertz CT molecular complexity index is 567. The van der Waals surface area contributed by atoms with Gasteiger partial charge in [0.25, 0.3) is 0 Å². The molecule has 0 aliphatic rings. The highest BCUT2D eigenvalue weighted by atomic mass is 35.5. The normalized spacial score (nSPS) is 10.7. The van der Waals surface area contributed by atoms with Gasteiger partial charge in [-0.3, -0.25) is 0 Å². The number of hydrogen-bond acceptors (Lipinski definition) is 1. The van der Waals surface area contributed by atoms with Crippen LogP contribution in [0.25, 0.3) is 0 Å². The third-order valence-electron chi connectivity index (χ3n) is 2.56. The first kappa shape index (κ1) is 14.6. The highest BCUT2D eigenvalue weighted by Gasteiger charge is 2.02. The maximum Gasteiger partial charge on any atom is 0.141 e. The summed E-state index contributed by atoms with van der Waals surface area (Å²) in [5.74, 6) is -0.410. The van der Waals surface area contributed by atoms with Crippen molar-refractivity contribution in [2.45, 2.75) is 13.1 Å². The average Bonchev–Trinajstić information content (AvgIpc) is 2.32. The zero-order valence-electron chi connectivity index (χ0n) is 9.89. The molecule has 1 N–H and O–H groups in total. The van der Waals surface area contributed by atoms with Crippen LogP contribution >= 0.6 is 34.8 Å². The predicted octanol–water partition coefficient (Wildman–Crippen LogP) is 5.08. The Morgan fingerprint density at radius 2 is 1.47 bits per heavy atom. The molecule has 0 unspecified atom stereocenters. The van der Waals surface area contributed by atoms with Crippen molar-refractivity contribution in [3.8, 4) is 0 Å². The summed E-state index contributed by atoms with van der Waals surface area (Å²) >= 11 is 17.5. The number of nitrogens with one attached hydrogen (secondary N) is 1. The summed E-state index contributed by atoms with van der Waals surface area (Å²) in [6, 6.07) is 10.0. The van der Waals surface area contributed by atoms with Gasteiger partial charge in [-0.1, -0.05) is 40.9 Å². The molecule has 0 bridgehead atoms. The van der Waals surface area contributed by atoms with Crippen LogP contribution in [0, 0.1) is 5.82 Å². The van der Waals surface area contributed by atoms with Crippen molar-refractivity contribution < 1.29 is 4.39 Å². The molecule has 100 valence electrons. The van der Waals surface area contributed by atoms with E-state index in [1.165, 1.54) is 6.07 Å². The molecule has 2 aromatic carbocycles. The smallest absolute Gasteiger partial charge is 0.141 e. The van der Waals surface area contributed by atoms with Crippen molar-refractivity contribution in [1.29, 1.82) is 0 Å². The zero-order valence-corrected chi connectivity index (χ0v) is 12.2. The summed E-state index contributed by atoms with van der Waals surface area (Å²) in [5.41, 5.74) is 1.91. The Labute approximate surface area is 126 Å². The van der Waals surface area contributed by atoms with Gasteiger partial charge in [-0.2, -0.15) is 0 Å². The SMILES string of the molecule is Fc1ccc(CNCc2cc(Cl)cc(Cl)c2)cc1Cl. The van der Waals surface area contributed by atoms with E-state index in [9.17, 15) is 4.39 Å². The lowest BCUT2D eigenvalue weighted by atomic mass is 10.2. The minimum absolute atomic E-state index is 0.130. The van der Waals surface area contributed by atoms with Crippen molar-refractivity contribution in [1.82, 2.24) is 5.32 Å². The van der Waals surface area contributed by atoms with Gasteiger partial charge in [-0.25, -0.2) is 4.39 Å². The number of rotatable bonds is 4. The lowest BCUT2D eigenvalue weighted by Gasteiger charge is -2.07. The first-order chi connectivity index (χ1) is 9.04. The fourth-order valence-electron chi connectivity index (χ4n) is 1.71. The summed E-state index contributed by atoms with van der Waals surface area (Å²) in [5, 5.41) is 4.56. The van der Waals surface area contributed by atoms with E-state index in [4.69, 9.17) is 34.8 Å². The Balaban J connectivity index is 1.94. The highest BCUT2D eigenvalue weighted by molar-refractivity contribution is 6.34. The summed E-state index contributed by atoms with van der Waals surface area (Å²) in [6.07, 6.45) is 0. The number of benzene rings is 2. The summed E-state index contributed by atoms with van der Waals surface area (Å²) in [6.45, 7) is 1.21. The van der Waals surface area contributed by atoms with Gasteiger partial charge in [-0.15, -0.1) is 0 Å². The first-order valence-electron chi connectivity index (χ1n) is 5.64. The van der Waals surface area contributed by atoms with Crippen LogP contribution in [0.5, 0.6) is 0 Å². The molecule has 0 aliphatic heterocycles. The summed E-state index contributed by atoms with van der Waals surface area (Å²) in [7, 11) is 0. The molecule has 0 spiro atoms. The van der Waals surface area contributed by atoms with Crippen molar-refractivity contribution in [2.75, 3.05) is 0 Å². The van der Waals surface area contributed by atoms with Crippen LogP contribution in [0.2, 0.25) is 15.1 Å². The standard InChI is InChI=1S/C14H11Cl3FN/c15-11-3-10(4-12(16)6-11)8-19-7-9-1-2-14(18)13(17)5-9/h1-6,19H,7-8H2. The van der Waals surface area contributed by atoms with Crippen molar-refractivity contribution >= 4 is 34.8 Å². The Kier molecular flexibility index (Phi) is 5.06. The van der Waals surface area contributed by atoms with Gasteiger partial charge < -0.3 is 5.32 Å². The van der Waals surface area contributed by atoms with E-state index < -0.39 is 5.82 Å². The molecule has 0 fully saturated rings. The monoisotopic (exact) mass is 317 g/mol. The fraction of sp³-hybridized carbons (Fsp3) is 0.143. The van der Waals surface area contributed by atoms with Crippen molar-refractivity contribution in [3.05, 3.63) is 68.4 Å². The predicted molar refractivity (Wildman–Crippen MR) is 78.4 cm³/mol. The van der Waals surface area contributed by atoms with Gasteiger partial charge in [-0.05, 0) is 41.5 Å². The quantitative estimate of drug-likeness (QED) is 0.829. The maximum atomic E-state index is 13.0. The Morgan fingerprint density at radius 3 is 2.11 bits per heavy atom. The second kappa shape index (κ2) is 6.58. The van der Waals surface area contributed by atoms with E-state index in [2.05, 4.69) is 5.32 Å². The van der Waals surface area contributed by atoms with Gasteiger partial charge in [0.2, 0.25) is 0 Å². The van der Waals surface area contributed by atoms with Crippen LogP contribution < -0.4 is 5.32 Å². The summed E-state index contributed by atoms with van der Waals surface area (Å²) < 4.78 is 13.0. The molecule has 2 rings (SSSR count). The number of halogens is 4. The Morgan fingerprint density at radius 1 is 0.842 bits per heavy atom. The second-order valence-electron chi connectivity index (χ2n) is 4.13. The van der Waals surface area contributed by atoms with Crippen LogP contribution in [-0.2, 0) is 13.1 Å². The minimum Gasteiger partial charge on any atom is -0.309 e. The van der Waals surface area contributed by atoms with Crippen LogP contribution in [0.4, 0.5) is 4.39 Å². The molecule has 19 heavy (non-hydrogen) atoms. The molecule has 5 heteroatoms. The zero-order chi connectivity index (χ0) is 13.8. The van der Waals surface area contributed by atoms with Gasteiger partial charge in [0, 0.05) is 23.1 Å². The molecule has 0 atom stereocenters. The summed E-state index contributed by atoms with van der Waals surface area (Å²) in [4.78, 5) is 0. The van der Waals surface area contributed by atoms with Crippen LogP contribution in [0.3, 0.4) is 0 Å². The topological polar surface area (TPSA) is 12.0 Å². The molecule has 0 radical (unpaired) electrons. The third-order valence-corrected chi connectivity index (χ3v) is 3.29. The largest absolute Gasteiger partial charge is 0.309 e. The average molecular weight is 319 g/mol. The molecule has 0 saturated carbocycles. The van der Waals surface area contributed by atoms with Gasteiger partial charge in [0.15, 0.2) is 0 Å². The molecular weight excluding hydrogens is 308 g/mol. The molecule has 0 amide bonds. The van der Waals surface area contributed by atoms with Gasteiger partial charge >= 0.3 is 0 Å². The van der Waals surface area contributed by atoms with Crippen molar-refractivity contribution in [2.24, 2.45) is 0 Å². The third kappa shape index (κ3) is 4.36. The lowest BCUT2D eigenvalue weighted by Crippen LogP contribution is -2.12. The van der Waals surface area contributed by atoms with Crippen LogP contribution in [-0.4, -0.2) is 0 Å². The molecule has 0 aromatic heterocycles. The van der Waals surface area contributed by atoms with E-state index >= 15 is 0 Å². The van der Waals surface area contributed by atoms with E-state index in [0.717, 1.165) is 11.1 Å². The molecule has 1 nitrogen and oxygen atoms in total. The Hall–Kier alpha value is -0.800. The molecular formula is C14H11Cl3FN. The van der Waals surface area contributed by atoms with Crippen molar-refractivity contribution in [3.63, 3.8) is 0 Å². The van der Waals surface area contributed by atoms with Gasteiger partial charge in [0.1, 0.15) is 5.82 Å². The molecule has 0 saturated heterocycles. The molecule has 0 aliphatic carbocycles. The first-order valence-corrected chi connectivity index (χ1v) is 6.77. The van der Waals surface area contributed by atoms with Crippen LogP contribution in [0.15, 0.2) is 36.4 Å². The molecule has 2 aromatic rings. The second-order valence-corrected chi connectivity index (χ2v) is 5.41. The van der Waals surface area contributed by atoms with E-state index in [-0.39, 0.29) is 5.02 Å². The minimum atomic E-state index is -0.410. The van der Waals surface area contributed by atoms with Gasteiger partial charge in [0.05, 0.1) is 5.02 Å². The molecule has 0 heterocycles. The lowest BCUT2D eigenvalue weighted by molar-refractivity contribution is 0.625. The van der Waals surface area contributed by atoms with E-state index in [1.54, 1.807) is 18.2 Å². The fourth-order valence-corrected chi connectivity index (χ4v) is 2.49. The van der Waals surface area contributed by atoms with E-state index in [0.29, 0.717) is 23.1 Å².